The number of aryl methyl sites for hydroxylation is 1. The molecular weight excluding hydrogens is 240 g/mol. The van der Waals surface area contributed by atoms with Gasteiger partial charge in [-0.25, -0.2) is 0 Å². The molecule has 0 N–H and O–H groups in total. The summed E-state index contributed by atoms with van der Waals surface area (Å²) < 4.78 is 0. The first-order chi connectivity index (χ1) is 6.74. The first-order valence-electron chi connectivity index (χ1n) is 4.90. The van der Waals surface area contributed by atoms with Crippen molar-refractivity contribution >= 4 is 21.7 Å². The first kappa shape index (κ1) is 11.4. The van der Waals surface area contributed by atoms with E-state index in [4.69, 9.17) is 0 Å². The highest BCUT2D eigenvalue weighted by Crippen LogP contribution is 2.09. The average Bonchev–Trinajstić information content (AvgIpc) is 2.19. The highest BCUT2D eigenvalue weighted by atomic mass is 79.9. The molecule has 1 aromatic rings. The van der Waals surface area contributed by atoms with Crippen LogP contribution in [0.4, 0.5) is 0 Å². The Bertz CT molecular complexity index is 290. The average molecular weight is 255 g/mol. The Kier molecular flexibility index (Phi) is 4.88. The molecule has 1 rings (SSSR count). The molecule has 0 atom stereocenters. The van der Waals surface area contributed by atoms with Gasteiger partial charge < -0.3 is 0 Å². The van der Waals surface area contributed by atoms with Gasteiger partial charge in [0, 0.05) is 17.3 Å². The smallest absolute Gasteiger partial charge is 0.162 e. The van der Waals surface area contributed by atoms with Crippen molar-refractivity contribution < 1.29 is 4.79 Å². The zero-order chi connectivity index (χ0) is 10.4. The van der Waals surface area contributed by atoms with E-state index in [1.54, 1.807) is 0 Å². The van der Waals surface area contributed by atoms with E-state index < -0.39 is 0 Å². The molecule has 0 heterocycles. The maximum absolute atomic E-state index is 11.6. The number of hydrogen-bond donors (Lipinski definition) is 0. The fourth-order valence-electron chi connectivity index (χ4n) is 1.26. The van der Waals surface area contributed by atoms with E-state index in [9.17, 15) is 4.79 Å². The topological polar surface area (TPSA) is 17.1 Å². The fraction of sp³-hybridized carbons (Fsp3) is 0.417. The summed E-state index contributed by atoms with van der Waals surface area (Å²) >= 11 is 3.35. The van der Waals surface area contributed by atoms with Gasteiger partial charge in [-0.05, 0) is 19.8 Å². The fourth-order valence-corrected chi connectivity index (χ4v) is 1.66. The van der Waals surface area contributed by atoms with Crippen LogP contribution in [0.25, 0.3) is 0 Å². The zero-order valence-corrected chi connectivity index (χ0v) is 10.0. The Hall–Kier alpha value is -0.630. The third kappa shape index (κ3) is 3.62. The minimum absolute atomic E-state index is 0.256. The predicted octanol–water partition coefficient (Wildman–Crippen LogP) is 3.74. The Labute approximate surface area is 93.7 Å². The van der Waals surface area contributed by atoms with Crippen molar-refractivity contribution in [3.05, 3.63) is 35.4 Å². The molecule has 0 saturated heterocycles. The second kappa shape index (κ2) is 5.97. The number of hydrogen-bond acceptors (Lipinski definition) is 1. The maximum atomic E-state index is 11.6. The summed E-state index contributed by atoms with van der Waals surface area (Å²) in [6.45, 7) is 2.03. The van der Waals surface area contributed by atoms with Gasteiger partial charge in [0.1, 0.15) is 0 Å². The molecule has 0 saturated carbocycles. The molecule has 1 aromatic carbocycles. The Morgan fingerprint density at radius 2 is 1.86 bits per heavy atom. The molecule has 0 fully saturated rings. The van der Waals surface area contributed by atoms with Gasteiger partial charge in [0.05, 0.1) is 0 Å². The monoisotopic (exact) mass is 254 g/mol. The molecular formula is C12H15BrO. The minimum atomic E-state index is 0.256. The number of rotatable bonds is 5. The number of ketones is 1. The van der Waals surface area contributed by atoms with Crippen LogP contribution in [0.2, 0.25) is 0 Å². The van der Waals surface area contributed by atoms with Crippen molar-refractivity contribution in [1.29, 1.82) is 0 Å². The van der Waals surface area contributed by atoms with Crippen LogP contribution in [0, 0.1) is 6.92 Å². The van der Waals surface area contributed by atoms with Crippen LogP contribution in [0.3, 0.4) is 0 Å². The molecule has 0 spiro atoms. The number of halogens is 1. The van der Waals surface area contributed by atoms with Crippen LogP contribution in [-0.2, 0) is 0 Å². The lowest BCUT2D eigenvalue weighted by molar-refractivity contribution is 0.0980. The van der Waals surface area contributed by atoms with Crippen molar-refractivity contribution in [3.8, 4) is 0 Å². The van der Waals surface area contributed by atoms with Crippen LogP contribution < -0.4 is 0 Å². The van der Waals surface area contributed by atoms with Crippen LogP contribution in [0.5, 0.6) is 0 Å². The quantitative estimate of drug-likeness (QED) is 0.445. The SMILES string of the molecule is Cc1ccc(C(=O)CCCCBr)cc1. The molecule has 14 heavy (non-hydrogen) atoms. The van der Waals surface area contributed by atoms with Gasteiger partial charge in [-0.2, -0.15) is 0 Å². The van der Waals surface area contributed by atoms with Gasteiger partial charge in [-0.1, -0.05) is 45.8 Å². The van der Waals surface area contributed by atoms with Crippen LogP contribution >= 0.6 is 15.9 Å². The number of alkyl halides is 1. The van der Waals surface area contributed by atoms with Crippen molar-refractivity contribution in [2.45, 2.75) is 26.2 Å². The van der Waals surface area contributed by atoms with Gasteiger partial charge >= 0.3 is 0 Å². The summed E-state index contributed by atoms with van der Waals surface area (Å²) in [6.07, 6.45) is 2.70. The van der Waals surface area contributed by atoms with Crippen LogP contribution in [-0.4, -0.2) is 11.1 Å². The Morgan fingerprint density at radius 3 is 2.43 bits per heavy atom. The van der Waals surface area contributed by atoms with Gasteiger partial charge in [0.15, 0.2) is 5.78 Å². The molecule has 0 radical (unpaired) electrons. The third-order valence-electron chi connectivity index (χ3n) is 2.16. The second-order valence-corrected chi connectivity index (χ2v) is 4.23. The van der Waals surface area contributed by atoms with Crippen molar-refractivity contribution in [1.82, 2.24) is 0 Å². The summed E-state index contributed by atoms with van der Waals surface area (Å²) in [6, 6.07) is 7.78. The number of carbonyl (C=O) groups is 1. The number of Topliss-reactive ketones (excluding diaryl/α,β-unsaturated/α-hetero) is 1. The van der Waals surface area contributed by atoms with Crippen molar-refractivity contribution in [2.75, 3.05) is 5.33 Å². The molecule has 0 aromatic heterocycles. The van der Waals surface area contributed by atoms with Crippen LogP contribution in [0.1, 0.15) is 35.2 Å². The van der Waals surface area contributed by atoms with Crippen LogP contribution in [0.15, 0.2) is 24.3 Å². The summed E-state index contributed by atoms with van der Waals surface area (Å²) in [5.74, 6) is 0.256. The Balaban J connectivity index is 2.48. The van der Waals surface area contributed by atoms with E-state index in [0.29, 0.717) is 6.42 Å². The van der Waals surface area contributed by atoms with Gasteiger partial charge in [0.2, 0.25) is 0 Å². The highest BCUT2D eigenvalue weighted by molar-refractivity contribution is 9.09. The molecule has 2 heteroatoms. The molecule has 0 unspecified atom stereocenters. The molecule has 0 amide bonds. The molecule has 0 aliphatic heterocycles. The van der Waals surface area contributed by atoms with Crippen molar-refractivity contribution in [3.63, 3.8) is 0 Å². The lowest BCUT2D eigenvalue weighted by atomic mass is 10.0. The molecule has 76 valence electrons. The maximum Gasteiger partial charge on any atom is 0.162 e. The van der Waals surface area contributed by atoms with E-state index in [1.165, 1.54) is 5.56 Å². The lowest BCUT2D eigenvalue weighted by Gasteiger charge is -2.00. The summed E-state index contributed by atoms with van der Waals surface area (Å²) in [7, 11) is 0. The first-order valence-corrected chi connectivity index (χ1v) is 6.02. The van der Waals surface area contributed by atoms with Crippen molar-refractivity contribution in [2.24, 2.45) is 0 Å². The number of benzene rings is 1. The zero-order valence-electron chi connectivity index (χ0n) is 8.42. The van der Waals surface area contributed by atoms with Gasteiger partial charge in [-0.15, -0.1) is 0 Å². The standard InChI is InChI=1S/C12H15BrO/c1-10-5-7-11(8-6-10)12(14)4-2-3-9-13/h5-8H,2-4,9H2,1H3. The second-order valence-electron chi connectivity index (χ2n) is 3.44. The van der Waals surface area contributed by atoms with E-state index >= 15 is 0 Å². The van der Waals surface area contributed by atoms with E-state index in [1.807, 2.05) is 31.2 Å². The number of carbonyl (C=O) groups excluding carboxylic acids is 1. The summed E-state index contributed by atoms with van der Waals surface area (Å²) in [5.41, 5.74) is 2.03. The molecule has 1 nitrogen and oxygen atoms in total. The van der Waals surface area contributed by atoms with Gasteiger partial charge in [0.25, 0.3) is 0 Å². The van der Waals surface area contributed by atoms with E-state index in [-0.39, 0.29) is 5.78 Å². The lowest BCUT2D eigenvalue weighted by Crippen LogP contribution is -1.98. The summed E-state index contributed by atoms with van der Waals surface area (Å²) in [5, 5.41) is 0.980. The molecule has 0 aliphatic rings. The third-order valence-corrected chi connectivity index (χ3v) is 2.72. The largest absolute Gasteiger partial charge is 0.294 e. The normalized spacial score (nSPS) is 10.1. The predicted molar refractivity (Wildman–Crippen MR) is 63.2 cm³/mol. The molecule has 0 aliphatic carbocycles. The Morgan fingerprint density at radius 1 is 1.21 bits per heavy atom. The molecule has 0 bridgehead atoms. The van der Waals surface area contributed by atoms with Gasteiger partial charge in [-0.3, -0.25) is 4.79 Å². The number of unbranched alkanes of at least 4 members (excludes halogenated alkanes) is 1. The van der Waals surface area contributed by atoms with E-state index in [0.717, 1.165) is 23.7 Å². The highest BCUT2D eigenvalue weighted by Gasteiger charge is 2.03. The minimum Gasteiger partial charge on any atom is -0.294 e. The summed E-state index contributed by atoms with van der Waals surface area (Å²) in [4.78, 5) is 11.6. The van der Waals surface area contributed by atoms with E-state index in [2.05, 4.69) is 15.9 Å².